The Bertz CT molecular complexity index is 1010. The summed E-state index contributed by atoms with van der Waals surface area (Å²) in [4.78, 5) is 38.4. The highest BCUT2D eigenvalue weighted by Crippen LogP contribution is 2.15. The van der Waals surface area contributed by atoms with Crippen molar-refractivity contribution in [2.45, 2.75) is 6.04 Å². The molecule has 1 unspecified atom stereocenters. The number of rotatable bonds is 5. The van der Waals surface area contributed by atoms with Crippen LogP contribution in [0.3, 0.4) is 0 Å². The molecule has 26 heavy (non-hydrogen) atoms. The molecule has 3 rings (SSSR count). The molecule has 0 bridgehead atoms. The van der Waals surface area contributed by atoms with Gasteiger partial charge in [-0.3, -0.25) is 14.2 Å². The van der Waals surface area contributed by atoms with E-state index in [1.165, 1.54) is 47.3 Å². The Morgan fingerprint density at radius 3 is 2.50 bits per heavy atom. The Balaban J connectivity index is 1.86. The van der Waals surface area contributed by atoms with E-state index in [9.17, 15) is 18.8 Å². The number of H-pyrrole nitrogens is 1. The number of carbonyl (C=O) groups excluding carboxylic acids is 2. The number of aromatic nitrogens is 2. The second-order valence-corrected chi connectivity index (χ2v) is 5.55. The second kappa shape index (κ2) is 7.06. The number of halogens is 1. The standard InChI is InChI=1S/C18H15FN4O3/c19-13-6-4-11(5-7-13)15(16(20)24)22-17(25)12-2-1-3-14(10-12)23-9-8-21-18(23)26/h1-10,15H,(H2,20,24)(H,21,26)(H,22,25). The van der Waals surface area contributed by atoms with E-state index in [1.807, 2.05) is 0 Å². The molecule has 0 saturated heterocycles. The normalized spacial score (nSPS) is 11.7. The molecule has 0 aliphatic heterocycles. The summed E-state index contributed by atoms with van der Waals surface area (Å²) in [5.74, 6) is -1.79. The first-order valence-corrected chi connectivity index (χ1v) is 7.68. The van der Waals surface area contributed by atoms with Gasteiger partial charge in [-0.05, 0) is 35.9 Å². The predicted octanol–water partition coefficient (Wildman–Crippen LogP) is 1.26. The van der Waals surface area contributed by atoms with E-state index in [4.69, 9.17) is 5.73 Å². The summed E-state index contributed by atoms with van der Waals surface area (Å²) >= 11 is 0. The third kappa shape index (κ3) is 3.54. The molecule has 0 aliphatic carbocycles. The van der Waals surface area contributed by atoms with Crippen LogP contribution in [0, 0.1) is 5.82 Å². The zero-order valence-corrected chi connectivity index (χ0v) is 13.5. The van der Waals surface area contributed by atoms with Crippen molar-refractivity contribution in [2.24, 2.45) is 5.73 Å². The number of carbonyl (C=O) groups is 2. The average Bonchev–Trinajstić information content (AvgIpc) is 3.06. The van der Waals surface area contributed by atoms with Gasteiger partial charge in [0.15, 0.2) is 0 Å². The quantitative estimate of drug-likeness (QED) is 0.641. The van der Waals surface area contributed by atoms with E-state index in [0.717, 1.165) is 0 Å². The monoisotopic (exact) mass is 354 g/mol. The molecule has 7 nitrogen and oxygen atoms in total. The van der Waals surface area contributed by atoms with Crippen LogP contribution in [0.25, 0.3) is 5.69 Å². The number of benzene rings is 2. The van der Waals surface area contributed by atoms with Crippen molar-refractivity contribution in [3.8, 4) is 5.69 Å². The number of primary amides is 1. The first-order valence-electron chi connectivity index (χ1n) is 7.68. The zero-order chi connectivity index (χ0) is 18.7. The van der Waals surface area contributed by atoms with Crippen molar-refractivity contribution in [1.29, 1.82) is 0 Å². The van der Waals surface area contributed by atoms with Crippen LogP contribution < -0.4 is 16.7 Å². The van der Waals surface area contributed by atoms with E-state index in [2.05, 4.69) is 10.3 Å². The van der Waals surface area contributed by atoms with E-state index in [-0.39, 0.29) is 11.3 Å². The van der Waals surface area contributed by atoms with Crippen LogP contribution >= 0.6 is 0 Å². The van der Waals surface area contributed by atoms with Crippen LogP contribution in [0.2, 0.25) is 0 Å². The highest BCUT2D eigenvalue weighted by molar-refractivity contribution is 5.98. The Morgan fingerprint density at radius 1 is 1.15 bits per heavy atom. The number of aromatic amines is 1. The summed E-state index contributed by atoms with van der Waals surface area (Å²) in [5.41, 5.74) is 6.11. The average molecular weight is 354 g/mol. The summed E-state index contributed by atoms with van der Waals surface area (Å²) < 4.78 is 14.4. The lowest BCUT2D eigenvalue weighted by atomic mass is 10.1. The van der Waals surface area contributed by atoms with Crippen LogP contribution in [0.5, 0.6) is 0 Å². The maximum atomic E-state index is 13.1. The Labute approximate surface area is 147 Å². The lowest BCUT2D eigenvalue weighted by molar-refractivity contribution is -0.120. The van der Waals surface area contributed by atoms with Gasteiger partial charge in [0.1, 0.15) is 11.9 Å². The molecule has 2 amide bonds. The molecule has 1 aromatic heterocycles. The fourth-order valence-corrected chi connectivity index (χ4v) is 2.51. The first kappa shape index (κ1) is 17.2. The Morgan fingerprint density at radius 2 is 1.88 bits per heavy atom. The molecule has 132 valence electrons. The summed E-state index contributed by atoms with van der Waals surface area (Å²) in [6, 6.07) is 10.3. The molecule has 0 fully saturated rings. The summed E-state index contributed by atoms with van der Waals surface area (Å²) in [5, 5.41) is 2.52. The lowest BCUT2D eigenvalue weighted by Gasteiger charge is -2.16. The highest BCUT2D eigenvalue weighted by atomic mass is 19.1. The predicted molar refractivity (Wildman–Crippen MR) is 92.2 cm³/mol. The van der Waals surface area contributed by atoms with E-state index >= 15 is 0 Å². The fraction of sp³-hybridized carbons (Fsp3) is 0.0556. The molecule has 1 heterocycles. The molecule has 8 heteroatoms. The van der Waals surface area contributed by atoms with Gasteiger partial charge in [-0.25, -0.2) is 9.18 Å². The topological polar surface area (TPSA) is 110 Å². The highest BCUT2D eigenvalue weighted by Gasteiger charge is 2.21. The number of hydrogen-bond acceptors (Lipinski definition) is 3. The molecule has 2 aromatic carbocycles. The molecule has 0 aliphatic rings. The van der Waals surface area contributed by atoms with Crippen LogP contribution in [0.1, 0.15) is 22.0 Å². The molecular weight excluding hydrogens is 339 g/mol. The van der Waals surface area contributed by atoms with Gasteiger partial charge in [0.25, 0.3) is 5.91 Å². The van der Waals surface area contributed by atoms with Gasteiger partial charge in [0.2, 0.25) is 5.91 Å². The number of nitrogens with two attached hydrogens (primary N) is 1. The van der Waals surface area contributed by atoms with E-state index in [0.29, 0.717) is 11.3 Å². The molecule has 0 radical (unpaired) electrons. The van der Waals surface area contributed by atoms with Gasteiger partial charge >= 0.3 is 5.69 Å². The SMILES string of the molecule is NC(=O)C(NC(=O)c1cccc(-n2cc[nH]c2=O)c1)c1ccc(F)cc1. The van der Waals surface area contributed by atoms with Crippen LogP contribution in [0.15, 0.2) is 65.7 Å². The minimum absolute atomic E-state index is 0.240. The van der Waals surface area contributed by atoms with Crippen molar-refractivity contribution in [1.82, 2.24) is 14.9 Å². The summed E-state index contributed by atoms with van der Waals surface area (Å²) in [6.07, 6.45) is 3.01. The van der Waals surface area contributed by atoms with Crippen molar-refractivity contribution in [3.05, 3.63) is 88.4 Å². The zero-order valence-electron chi connectivity index (χ0n) is 13.5. The van der Waals surface area contributed by atoms with Gasteiger partial charge in [0, 0.05) is 18.0 Å². The van der Waals surface area contributed by atoms with Gasteiger partial charge in [-0.2, -0.15) is 0 Å². The summed E-state index contributed by atoms with van der Waals surface area (Å²) in [7, 11) is 0. The number of imidazole rings is 1. The number of amides is 2. The van der Waals surface area contributed by atoms with Gasteiger partial charge in [0.05, 0.1) is 5.69 Å². The number of nitrogens with zero attached hydrogens (tertiary/aromatic N) is 1. The van der Waals surface area contributed by atoms with E-state index in [1.54, 1.807) is 18.2 Å². The summed E-state index contributed by atoms with van der Waals surface area (Å²) in [6.45, 7) is 0. The number of hydrogen-bond donors (Lipinski definition) is 3. The molecule has 3 aromatic rings. The third-order valence-corrected chi connectivity index (χ3v) is 3.80. The molecule has 0 spiro atoms. The molecule has 4 N–H and O–H groups in total. The fourth-order valence-electron chi connectivity index (χ4n) is 2.51. The van der Waals surface area contributed by atoms with Crippen LogP contribution in [-0.2, 0) is 4.79 Å². The van der Waals surface area contributed by atoms with Crippen LogP contribution in [0.4, 0.5) is 4.39 Å². The van der Waals surface area contributed by atoms with Crippen molar-refractivity contribution in [3.63, 3.8) is 0 Å². The minimum atomic E-state index is -1.11. The number of nitrogens with one attached hydrogen (secondary N) is 2. The van der Waals surface area contributed by atoms with E-state index < -0.39 is 23.7 Å². The van der Waals surface area contributed by atoms with Crippen molar-refractivity contribution in [2.75, 3.05) is 0 Å². The lowest BCUT2D eigenvalue weighted by Crippen LogP contribution is -2.37. The van der Waals surface area contributed by atoms with Crippen molar-refractivity contribution >= 4 is 11.8 Å². The van der Waals surface area contributed by atoms with Crippen molar-refractivity contribution < 1.29 is 14.0 Å². The minimum Gasteiger partial charge on any atom is -0.368 e. The van der Waals surface area contributed by atoms with Gasteiger partial charge in [-0.1, -0.05) is 18.2 Å². The van der Waals surface area contributed by atoms with Crippen LogP contribution in [-0.4, -0.2) is 21.4 Å². The first-order chi connectivity index (χ1) is 12.5. The van der Waals surface area contributed by atoms with Gasteiger partial charge in [-0.15, -0.1) is 0 Å². The molecular formula is C18H15FN4O3. The largest absolute Gasteiger partial charge is 0.368 e. The maximum Gasteiger partial charge on any atom is 0.330 e. The van der Waals surface area contributed by atoms with Gasteiger partial charge < -0.3 is 16.0 Å². The maximum absolute atomic E-state index is 13.1. The third-order valence-electron chi connectivity index (χ3n) is 3.80. The smallest absolute Gasteiger partial charge is 0.330 e. The second-order valence-electron chi connectivity index (χ2n) is 5.55. The Hall–Kier alpha value is -3.68. The molecule has 1 atom stereocenters. The Kier molecular flexibility index (Phi) is 4.66. The molecule has 0 saturated carbocycles.